The van der Waals surface area contributed by atoms with Crippen molar-refractivity contribution >= 4 is 29.6 Å². The van der Waals surface area contributed by atoms with Crippen LogP contribution in [0.3, 0.4) is 0 Å². The van der Waals surface area contributed by atoms with E-state index in [1.807, 2.05) is 48.2 Å². The summed E-state index contributed by atoms with van der Waals surface area (Å²) in [5, 5.41) is 4.35. The quantitative estimate of drug-likeness (QED) is 0.427. The van der Waals surface area contributed by atoms with E-state index in [9.17, 15) is 0 Å². The Balaban J connectivity index is 1.46. The van der Waals surface area contributed by atoms with Crippen LogP contribution in [-0.2, 0) is 6.42 Å². The summed E-state index contributed by atoms with van der Waals surface area (Å²) in [7, 11) is 0. The van der Waals surface area contributed by atoms with Crippen molar-refractivity contribution in [2.24, 2.45) is 5.10 Å². The van der Waals surface area contributed by atoms with E-state index >= 15 is 0 Å². The SMILES string of the molecule is Cc1cccc(/C=N/Nc2cc(N3CCSCC3)nc(OCCc3ccccn3)n2)c1. The highest BCUT2D eigenvalue weighted by Gasteiger charge is 2.15. The van der Waals surface area contributed by atoms with Gasteiger partial charge in [-0.1, -0.05) is 35.9 Å². The molecule has 0 amide bonds. The Morgan fingerprint density at radius 2 is 2.03 bits per heavy atom. The van der Waals surface area contributed by atoms with Gasteiger partial charge in [0.05, 0.1) is 12.8 Å². The predicted octanol–water partition coefficient (Wildman–Crippen LogP) is 3.80. The molecule has 8 heteroatoms. The van der Waals surface area contributed by atoms with E-state index in [1.54, 1.807) is 12.4 Å². The minimum Gasteiger partial charge on any atom is -0.463 e. The Morgan fingerprint density at radius 1 is 1.13 bits per heavy atom. The third-order valence-electron chi connectivity index (χ3n) is 4.78. The predicted molar refractivity (Wildman–Crippen MR) is 127 cm³/mol. The molecule has 3 heterocycles. The largest absolute Gasteiger partial charge is 0.463 e. The fourth-order valence-corrected chi connectivity index (χ4v) is 4.11. The van der Waals surface area contributed by atoms with Gasteiger partial charge in [0.25, 0.3) is 0 Å². The lowest BCUT2D eigenvalue weighted by molar-refractivity contribution is 0.295. The summed E-state index contributed by atoms with van der Waals surface area (Å²) in [4.78, 5) is 15.7. The van der Waals surface area contributed by atoms with Crippen molar-refractivity contribution in [3.63, 3.8) is 0 Å². The first-order valence-corrected chi connectivity index (χ1v) is 11.5. The van der Waals surface area contributed by atoms with Gasteiger partial charge in [0.1, 0.15) is 5.82 Å². The van der Waals surface area contributed by atoms with Crippen LogP contribution in [0.5, 0.6) is 6.01 Å². The van der Waals surface area contributed by atoms with Crippen molar-refractivity contribution < 1.29 is 4.74 Å². The van der Waals surface area contributed by atoms with Gasteiger partial charge < -0.3 is 9.64 Å². The van der Waals surface area contributed by atoms with E-state index in [0.717, 1.165) is 41.7 Å². The van der Waals surface area contributed by atoms with Gasteiger partial charge in [0.2, 0.25) is 0 Å². The fourth-order valence-electron chi connectivity index (χ4n) is 3.21. The highest BCUT2D eigenvalue weighted by molar-refractivity contribution is 7.99. The van der Waals surface area contributed by atoms with Gasteiger partial charge in [-0.15, -0.1) is 0 Å². The van der Waals surface area contributed by atoms with Crippen molar-refractivity contribution in [3.05, 3.63) is 71.5 Å². The molecule has 1 saturated heterocycles. The zero-order valence-electron chi connectivity index (χ0n) is 17.6. The van der Waals surface area contributed by atoms with E-state index in [2.05, 4.69) is 49.4 Å². The fraction of sp³-hybridized carbons (Fsp3) is 0.304. The highest BCUT2D eigenvalue weighted by Crippen LogP contribution is 2.22. The molecule has 0 spiro atoms. The molecule has 4 rings (SSSR count). The number of nitrogens with one attached hydrogen (secondary N) is 1. The van der Waals surface area contributed by atoms with Crippen molar-refractivity contribution in [2.75, 3.05) is 41.5 Å². The van der Waals surface area contributed by atoms with Crippen LogP contribution in [0.4, 0.5) is 11.6 Å². The Morgan fingerprint density at radius 3 is 2.84 bits per heavy atom. The molecule has 3 aromatic rings. The summed E-state index contributed by atoms with van der Waals surface area (Å²) in [6.45, 7) is 4.44. The van der Waals surface area contributed by atoms with Gasteiger partial charge in [-0.3, -0.25) is 10.4 Å². The Bertz CT molecular complexity index is 1010. The van der Waals surface area contributed by atoms with Crippen molar-refractivity contribution in [3.8, 4) is 6.01 Å². The number of pyridine rings is 1. The molecule has 2 aromatic heterocycles. The molecule has 0 bridgehead atoms. The average molecular weight is 435 g/mol. The van der Waals surface area contributed by atoms with Crippen LogP contribution in [0.15, 0.2) is 59.8 Å². The maximum absolute atomic E-state index is 5.88. The van der Waals surface area contributed by atoms with E-state index in [-0.39, 0.29) is 0 Å². The van der Waals surface area contributed by atoms with Crippen LogP contribution < -0.4 is 15.1 Å². The molecule has 0 unspecified atom stereocenters. The molecule has 1 N–H and O–H groups in total. The van der Waals surface area contributed by atoms with Crippen LogP contribution in [0.25, 0.3) is 0 Å². The van der Waals surface area contributed by atoms with E-state index < -0.39 is 0 Å². The molecular weight excluding hydrogens is 408 g/mol. The van der Waals surface area contributed by atoms with E-state index in [1.165, 1.54) is 5.56 Å². The third kappa shape index (κ3) is 6.42. The zero-order valence-corrected chi connectivity index (χ0v) is 18.4. The van der Waals surface area contributed by atoms with Gasteiger partial charge >= 0.3 is 6.01 Å². The monoisotopic (exact) mass is 434 g/mol. The Labute approximate surface area is 187 Å². The second-order valence-electron chi connectivity index (χ2n) is 7.20. The number of aromatic nitrogens is 3. The Kier molecular flexibility index (Phi) is 7.33. The number of hydrogen-bond acceptors (Lipinski definition) is 8. The second kappa shape index (κ2) is 10.8. The summed E-state index contributed by atoms with van der Waals surface area (Å²) in [5.74, 6) is 3.65. The number of ether oxygens (including phenoxy) is 1. The molecule has 160 valence electrons. The molecule has 1 fully saturated rings. The number of benzene rings is 1. The summed E-state index contributed by atoms with van der Waals surface area (Å²) >= 11 is 1.96. The van der Waals surface area contributed by atoms with Gasteiger partial charge in [0.15, 0.2) is 5.82 Å². The molecule has 7 nitrogen and oxygen atoms in total. The topological polar surface area (TPSA) is 75.5 Å². The normalized spacial score (nSPS) is 14.0. The number of thioether (sulfide) groups is 1. The Hall–Kier alpha value is -3.13. The molecule has 0 radical (unpaired) electrons. The van der Waals surface area contributed by atoms with Crippen LogP contribution in [-0.4, -0.2) is 52.4 Å². The number of aryl methyl sites for hydroxylation is 1. The third-order valence-corrected chi connectivity index (χ3v) is 5.72. The maximum atomic E-state index is 5.88. The molecule has 1 aliphatic heterocycles. The van der Waals surface area contributed by atoms with Gasteiger partial charge in [0, 0.05) is 49.0 Å². The number of nitrogens with zero attached hydrogens (tertiary/aromatic N) is 5. The molecule has 31 heavy (non-hydrogen) atoms. The average Bonchev–Trinajstić information content (AvgIpc) is 2.80. The maximum Gasteiger partial charge on any atom is 0.320 e. The first-order chi connectivity index (χ1) is 15.3. The molecule has 1 aliphatic rings. The number of hydrogen-bond donors (Lipinski definition) is 1. The lowest BCUT2D eigenvalue weighted by Gasteiger charge is -2.27. The molecular formula is C23H26N6OS. The minimum atomic E-state index is 0.347. The molecule has 1 aromatic carbocycles. The summed E-state index contributed by atoms with van der Waals surface area (Å²) in [5.41, 5.74) is 6.24. The summed E-state index contributed by atoms with van der Waals surface area (Å²) < 4.78 is 5.88. The minimum absolute atomic E-state index is 0.347. The summed E-state index contributed by atoms with van der Waals surface area (Å²) in [6, 6.07) is 16.3. The van der Waals surface area contributed by atoms with E-state index in [0.29, 0.717) is 24.9 Å². The molecule has 0 saturated carbocycles. The number of hydrazone groups is 1. The zero-order chi connectivity index (χ0) is 21.3. The lowest BCUT2D eigenvalue weighted by Crippen LogP contribution is -2.33. The van der Waals surface area contributed by atoms with Crippen LogP contribution in [0, 0.1) is 6.92 Å². The lowest BCUT2D eigenvalue weighted by atomic mass is 10.2. The van der Waals surface area contributed by atoms with Gasteiger partial charge in [-0.05, 0) is 24.6 Å². The van der Waals surface area contributed by atoms with Crippen molar-refractivity contribution in [1.29, 1.82) is 0 Å². The summed E-state index contributed by atoms with van der Waals surface area (Å²) in [6.07, 6.45) is 4.27. The van der Waals surface area contributed by atoms with E-state index in [4.69, 9.17) is 4.74 Å². The second-order valence-corrected chi connectivity index (χ2v) is 8.42. The first kappa shape index (κ1) is 21.1. The first-order valence-electron chi connectivity index (χ1n) is 10.4. The highest BCUT2D eigenvalue weighted by atomic mass is 32.2. The number of rotatable bonds is 8. The van der Waals surface area contributed by atoms with Crippen LogP contribution in [0.2, 0.25) is 0 Å². The smallest absolute Gasteiger partial charge is 0.320 e. The molecule has 0 aliphatic carbocycles. The standard InChI is InChI=1S/C23H26N6OS/c1-18-5-4-6-19(15-18)17-25-28-21-16-22(29-10-13-31-14-11-29)27-23(26-21)30-12-8-20-7-2-3-9-24-20/h2-7,9,15-17H,8,10-14H2,1H3,(H,26,27,28)/b25-17+. The molecule has 0 atom stereocenters. The van der Waals surface area contributed by atoms with Crippen molar-refractivity contribution in [1.82, 2.24) is 15.0 Å². The van der Waals surface area contributed by atoms with Crippen molar-refractivity contribution in [2.45, 2.75) is 13.3 Å². The van der Waals surface area contributed by atoms with Gasteiger partial charge in [-0.25, -0.2) is 0 Å². The van der Waals surface area contributed by atoms with Crippen LogP contribution in [0.1, 0.15) is 16.8 Å². The van der Waals surface area contributed by atoms with Crippen LogP contribution >= 0.6 is 11.8 Å². The number of anilines is 2. The van der Waals surface area contributed by atoms with Gasteiger partial charge in [-0.2, -0.15) is 26.8 Å².